The zero-order valence-corrected chi connectivity index (χ0v) is 18.9. The summed E-state index contributed by atoms with van der Waals surface area (Å²) in [5.74, 6) is 7.37. The van der Waals surface area contributed by atoms with Crippen molar-refractivity contribution in [1.82, 2.24) is 9.55 Å². The molecule has 146 valence electrons. The first kappa shape index (κ1) is 20.1. The summed E-state index contributed by atoms with van der Waals surface area (Å²) < 4.78 is 7.66. The van der Waals surface area contributed by atoms with Crippen molar-refractivity contribution < 1.29 is 9.32 Å². The van der Waals surface area contributed by atoms with Crippen LogP contribution >= 0.6 is 28.5 Å². The molecule has 0 fully saturated rings. The van der Waals surface area contributed by atoms with Crippen LogP contribution in [0.25, 0.3) is 11.1 Å². The van der Waals surface area contributed by atoms with E-state index in [1.807, 2.05) is 42.0 Å². The number of amides is 1. The fourth-order valence-electron chi connectivity index (χ4n) is 3.30. The lowest BCUT2D eigenvalue weighted by Gasteiger charge is -2.11. The fourth-order valence-corrected chi connectivity index (χ4v) is 4.68. The Bertz CT molecular complexity index is 1100. The molecule has 1 N–H and O–H groups in total. The van der Waals surface area contributed by atoms with Crippen molar-refractivity contribution in [1.29, 1.82) is 0 Å². The van der Waals surface area contributed by atoms with Crippen molar-refractivity contribution in [2.45, 2.75) is 26.0 Å². The van der Waals surface area contributed by atoms with E-state index in [2.05, 4.69) is 62.4 Å². The second kappa shape index (κ2) is 9.08. The Balaban J connectivity index is 1.45. The van der Waals surface area contributed by atoms with Crippen LogP contribution in [0.2, 0.25) is 0 Å². The third kappa shape index (κ3) is 4.69. The monoisotopic (exact) mass is 515 g/mol. The van der Waals surface area contributed by atoms with Gasteiger partial charge in [0.1, 0.15) is 11.9 Å². The van der Waals surface area contributed by atoms with Gasteiger partial charge in [0.25, 0.3) is 0 Å². The Morgan fingerprint density at radius 2 is 2.07 bits per heavy atom. The first-order valence-electron chi connectivity index (χ1n) is 9.18. The van der Waals surface area contributed by atoms with Gasteiger partial charge in [-0.1, -0.05) is 36.1 Å². The number of halogens is 1. The van der Waals surface area contributed by atoms with Crippen molar-refractivity contribution in [3.05, 3.63) is 71.8 Å². The molecule has 2 heterocycles. The fraction of sp³-hybridized carbons (Fsp3) is 0.182. The average Bonchev–Trinajstić information content (AvgIpc) is 3.33. The van der Waals surface area contributed by atoms with Crippen LogP contribution in [-0.4, -0.2) is 15.5 Å². The van der Waals surface area contributed by atoms with E-state index in [0.29, 0.717) is 19.4 Å². The Hall–Kier alpha value is -2.20. The maximum atomic E-state index is 11.5. The van der Waals surface area contributed by atoms with Crippen LogP contribution in [0.5, 0.6) is 0 Å². The topological polar surface area (TPSA) is 56.1 Å². The number of aromatic nitrogens is 2. The van der Waals surface area contributed by atoms with E-state index >= 15 is 0 Å². The molecule has 2 atom stereocenters. The van der Waals surface area contributed by atoms with Gasteiger partial charge < -0.3 is 14.4 Å². The lowest BCUT2D eigenvalue weighted by Crippen LogP contribution is -2.06. The van der Waals surface area contributed by atoms with Gasteiger partial charge in [-0.05, 0) is 63.9 Å². The predicted octanol–water partition coefficient (Wildman–Crippen LogP) is 5.12. The Morgan fingerprint density at radius 1 is 1.28 bits per heavy atom. The number of hydrogen-bond acceptors (Lipinski definition) is 3. The quantitative estimate of drug-likeness (QED) is 0.292. The smallest absolute Gasteiger partial charge is 0.228 e. The summed E-state index contributed by atoms with van der Waals surface area (Å²) in [5, 5.41) is 2.90. The summed E-state index contributed by atoms with van der Waals surface area (Å²) in [6.45, 7) is 2.97. The van der Waals surface area contributed by atoms with Gasteiger partial charge in [-0.3, -0.25) is 4.79 Å². The molecular formula is C22H19IN3O2P. The van der Waals surface area contributed by atoms with Gasteiger partial charge in [0.15, 0.2) is 0 Å². The molecule has 1 aromatic heterocycles. The number of carbonyl (C=O) groups is 1. The Kier molecular flexibility index (Phi) is 6.29. The van der Waals surface area contributed by atoms with Gasteiger partial charge in [-0.15, -0.1) is 0 Å². The highest BCUT2D eigenvalue weighted by Gasteiger charge is 2.17. The van der Waals surface area contributed by atoms with E-state index in [9.17, 15) is 4.79 Å². The third-order valence-corrected chi connectivity index (χ3v) is 5.97. The molecule has 0 saturated carbocycles. The Labute approximate surface area is 184 Å². The summed E-state index contributed by atoms with van der Waals surface area (Å²) >= 11 is 2.21. The minimum absolute atomic E-state index is 0.0431. The first-order valence-corrected chi connectivity index (χ1v) is 13.2. The number of fused-ring (bicyclic) bond motifs is 1. The van der Waals surface area contributed by atoms with E-state index in [0.717, 1.165) is 33.8 Å². The van der Waals surface area contributed by atoms with Crippen LogP contribution in [-0.2, 0) is 22.3 Å². The number of hydrogen-bond donors (Lipinski definition) is 1. The van der Waals surface area contributed by atoms with Crippen molar-refractivity contribution in [2.75, 3.05) is 5.32 Å². The summed E-state index contributed by atoms with van der Waals surface area (Å²) in [7, 11) is 0. The molecule has 4 rings (SSSR count). The van der Waals surface area contributed by atoms with Gasteiger partial charge in [0, 0.05) is 23.6 Å². The van der Waals surface area contributed by atoms with Gasteiger partial charge in [0.2, 0.25) is 5.91 Å². The molecule has 0 saturated heterocycles. The van der Waals surface area contributed by atoms with Crippen LogP contribution in [0.3, 0.4) is 0 Å². The summed E-state index contributed by atoms with van der Waals surface area (Å²) in [6, 6.07) is 14.3. The van der Waals surface area contributed by atoms with Crippen LogP contribution in [0.15, 0.2) is 54.9 Å². The SMILES string of the molecule is CC(OPI)c1nccn1CC#Cc1ccc(-c2ccc3c(c2)NC(=O)C3)cc1. The third-order valence-electron chi connectivity index (χ3n) is 4.77. The molecule has 2 aromatic carbocycles. The number of nitrogens with zero attached hydrogens (tertiary/aromatic N) is 2. The second-order valence-corrected chi connectivity index (χ2v) is 8.44. The predicted molar refractivity (Wildman–Crippen MR) is 125 cm³/mol. The number of carbonyl (C=O) groups excluding carboxylic acids is 1. The van der Waals surface area contributed by atoms with Crippen molar-refractivity contribution in [3.63, 3.8) is 0 Å². The van der Waals surface area contributed by atoms with Crippen molar-refractivity contribution in [2.24, 2.45) is 0 Å². The van der Waals surface area contributed by atoms with Crippen LogP contribution in [0, 0.1) is 11.8 Å². The molecular weight excluding hydrogens is 496 g/mol. The highest BCUT2D eigenvalue weighted by molar-refractivity contribution is 14.2. The molecule has 1 amide bonds. The summed E-state index contributed by atoms with van der Waals surface area (Å²) in [4.78, 5) is 15.9. The highest BCUT2D eigenvalue weighted by Crippen LogP contribution is 2.31. The van der Waals surface area contributed by atoms with E-state index in [1.54, 1.807) is 6.20 Å². The molecule has 0 spiro atoms. The minimum atomic E-state index is -0.0431. The zero-order valence-electron chi connectivity index (χ0n) is 15.8. The summed E-state index contributed by atoms with van der Waals surface area (Å²) in [6.07, 6.45) is 4.13. The Morgan fingerprint density at radius 3 is 2.86 bits per heavy atom. The van der Waals surface area contributed by atoms with E-state index in [4.69, 9.17) is 4.52 Å². The lowest BCUT2D eigenvalue weighted by molar-refractivity contribution is -0.115. The normalized spacial score (nSPS) is 13.8. The largest absolute Gasteiger partial charge is 0.341 e. The second-order valence-electron chi connectivity index (χ2n) is 6.73. The molecule has 1 aliphatic rings. The van der Waals surface area contributed by atoms with Crippen LogP contribution < -0.4 is 5.32 Å². The molecule has 5 nitrogen and oxygen atoms in total. The number of benzene rings is 2. The molecule has 2 unspecified atom stereocenters. The van der Waals surface area contributed by atoms with Crippen molar-refractivity contribution in [3.8, 4) is 23.0 Å². The number of rotatable bonds is 5. The molecule has 3 aromatic rings. The number of anilines is 1. The molecule has 29 heavy (non-hydrogen) atoms. The molecule has 0 bridgehead atoms. The van der Waals surface area contributed by atoms with Crippen LogP contribution in [0.1, 0.15) is 30.0 Å². The average molecular weight is 515 g/mol. The van der Waals surface area contributed by atoms with E-state index < -0.39 is 0 Å². The van der Waals surface area contributed by atoms with Gasteiger partial charge in [-0.2, -0.15) is 0 Å². The zero-order chi connectivity index (χ0) is 20.2. The van der Waals surface area contributed by atoms with Gasteiger partial charge in [-0.25, -0.2) is 4.98 Å². The van der Waals surface area contributed by atoms with Crippen LogP contribution in [0.4, 0.5) is 5.69 Å². The van der Waals surface area contributed by atoms with E-state index in [1.165, 1.54) is 0 Å². The first-order chi connectivity index (χ1) is 14.1. The minimum Gasteiger partial charge on any atom is -0.341 e. The molecule has 0 aliphatic carbocycles. The lowest BCUT2D eigenvalue weighted by atomic mass is 10.0. The van der Waals surface area contributed by atoms with Gasteiger partial charge in [0.05, 0.1) is 19.4 Å². The maximum Gasteiger partial charge on any atom is 0.228 e. The maximum absolute atomic E-state index is 11.5. The van der Waals surface area contributed by atoms with E-state index in [-0.39, 0.29) is 12.0 Å². The number of imidazole rings is 1. The molecule has 0 radical (unpaired) electrons. The molecule has 7 heteroatoms. The highest BCUT2D eigenvalue weighted by atomic mass is 127. The number of nitrogens with one attached hydrogen (secondary N) is 1. The van der Waals surface area contributed by atoms with Gasteiger partial charge >= 0.3 is 0 Å². The molecule has 1 aliphatic heterocycles. The summed E-state index contributed by atoms with van der Waals surface area (Å²) in [5.41, 5.74) is 5.11. The van der Waals surface area contributed by atoms with Crippen molar-refractivity contribution >= 4 is 40.1 Å². The standard InChI is InChI=1S/C22H19IN3O2P/c1-15(28-29-23)22-24-10-12-26(22)11-2-3-16-4-6-17(7-5-16)18-8-9-19-14-21(27)25-20(19)13-18/h4-10,12-13,15,29H,11,14H2,1H3,(H,25,27).